The van der Waals surface area contributed by atoms with Gasteiger partial charge in [0.2, 0.25) is 5.76 Å². The Bertz CT molecular complexity index is 667. The number of piperazine rings is 1. The zero-order chi connectivity index (χ0) is 17.6. The molecule has 1 aromatic rings. The zero-order valence-electron chi connectivity index (χ0n) is 14.1. The van der Waals surface area contributed by atoms with Crippen LogP contribution in [-0.4, -0.2) is 49.8 Å². The van der Waals surface area contributed by atoms with Crippen LogP contribution in [0.25, 0.3) is 0 Å². The molecule has 1 aliphatic heterocycles. The first kappa shape index (κ1) is 17.8. The molecule has 3 rings (SSSR count). The van der Waals surface area contributed by atoms with Gasteiger partial charge in [0.25, 0.3) is 5.91 Å². The Hall–Kier alpha value is -2.05. The molecule has 7 heteroatoms. The summed E-state index contributed by atoms with van der Waals surface area (Å²) < 4.78 is 5.87. The lowest BCUT2D eigenvalue weighted by molar-refractivity contribution is -0.662. The van der Waals surface area contributed by atoms with Gasteiger partial charge in [-0.3, -0.25) is 4.79 Å². The molecule has 1 saturated carbocycles. The third-order valence-corrected chi connectivity index (χ3v) is 4.60. The first-order valence-electron chi connectivity index (χ1n) is 8.68. The first-order valence-corrected chi connectivity index (χ1v) is 9.06. The Labute approximate surface area is 152 Å². The molecule has 1 aromatic carbocycles. The summed E-state index contributed by atoms with van der Waals surface area (Å²) in [6.45, 7) is 4.01. The highest BCUT2D eigenvalue weighted by atomic mass is 35.5. The number of nitrogens with zero attached hydrogens (tertiary/aromatic N) is 1. The van der Waals surface area contributed by atoms with E-state index >= 15 is 0 Å². The number of benzene rings is 1. The van der Waals surface area contributed by atoms with Crippen molar-refractivity contribution in [3.63, 3.8) is 0 Å². The van der Waals surface area contributed by atoms with Crippen molar-refractivity contribution in [1.82, 2.24) is 4.90 Å². The molecule has 6 nitrogen and oxygen atoms in total. The number of carbonyl (C=O) groups excluding carboxylic acids is 1. The topological polar surface area (TPSA) is 82.0 Å². The van der Waals surface area contributed by atoms with Gasteiger partial charge in [0.1, 0.15) is 5.70 Å². The SMILES string of the molecule is N=CC(=C(OCC1CC1)C(=O)Nc1cccc(Cl)c1)N1CC[NH2+]CC1. The molecule has 134 valence electrons. The highest BCUT2D eigenvalue weighted by Crippen LogP contribution is 2.30. The van der Waals surface area contributed by atoms with Gasteiger partial charge < -0.3 is 25.7 Å². The number of anilines is 1. The van der Waals surface area contributed by atoms with Gasteiger partial charge in [0.05, 0.1) is 32.8 Å². The molecule has 4 N–H and O–H groups in total. The highest BCUT2D eigenvalue weighted by molar-refractivity contribution is 6.30. The number of nitrogens with one attached hydrogen (secondary N) is 2. The molecular formula is C18H24ClN4O2+. The molecule has 1 heterocycles. The summed E-state index contributed by atoms with van der Waals surface area (Å²) in [7, 11) is 0. The van der Waals surface area contributed by atoms with E-state index in [0.717, 1.165) is 39.0 Å². The average Bonchev–Trinajstić information content (AvgIpc) is 3.43. The molecule has 0 spiro atoms. The third kappa shape index (κ3) is 4.96. The van der Waals surface area contributed by atoms with Gasteiger partial charge in [0, 0.05) is 16.9 Å². The van der Waals surface area contributed by atoms with Crippen molar-refractivity contribution in [2.45, 2.75) is 12.8 Å². The largest absolute Gasteiger partial charge is 0.486 e. The van der Waals surface area contributed by atoms with E-state index in [1.54, 1.807) is 24.3 Å². The summed E-state index contributed by atoms with van der Waals surface area (Å²) in [5, 5.41) is 13.4. The second-order valence-electron chi connectivity index (χ2n) is 6.43. The summed E-state index contributed by atoms with van der Waals surface area (Å²) in [4.78, 5) is 14.9. The summed E-state index contributed by atoms with van der Waals surface area (Å²) >= 11 is 5.99. The lowest BCUT2D eigenvalue weighted by Crippen LogP contribution is -2.89. The van der Waals surface area contributed by atoms with Crippen LogP contribution in [0.4, 0.5) is 5.69 Å². The predicted octanol–water partition coefficient (Wildman–Crippen LogP) is 1.45. The van der Waals surface area contributed by atoms with Crippen molar-refractivity contribution in [3.05, 3.63) is 40.7 Å². The summed E-state index contributed by atoms with van der Waals surface area (Å²) in [5.41, 5.74) is 1.16. The van der Waals surface area contributed by atoms with Crippen LogP contribution in [0.5, 0.6) is 0 Å². The number of nitrogens with two attached hydrogens (primary N) is 1. The monoisotopic (exact) mass is 363 g/mol. The van der Waals surface area contributed by atoms with Crippen molar-refractivity contribution in [1.29, 1.82) is 5.41 Å². The highest BCUT2D eigenvalue weighted by Gasteiger charge is 2.27. The number of amides is 1. The summed E-state index contributed by atoms with van der Waals surface area (Å²) in [6, 6.07) is 7.01. The Kier molecular flexibility index (Phi) is 5.94. The van der Waals surface area contributed by atoms with E-state index in [1.165, 1.54) is 6.21 Å². The average molecular weight is 364 g/mol. The van der Waals surface area contributed by atoms with E-state index in [9.17, 15) is 4.79 Å². The van der Waals surface area contributed by atoms with Crippen LogP contribution in [0.15, 0.2) is 35.7 Å². The summed E-state index contributed by atoms with van der Waals surface area (Å²) in [5.74, 6) is 0.412. The van der Waals surface area contributed by atoms with Gasteiger partial charge in [-0.15, -0.1) is 0 Å². The van der Waals surface area contributed by atoms with Gasteiger partial charge in [0.15, 0.2) is 0 Å². The smallest absolute Gasteiger partial charge is 0.293 e. The number of rotatable bonds is 7. The van der Waals surface area contributed by atoms with Crippen molar-refractivity contribution >= 4 is 29.4 Å². The fourth-order valence-corrected chi connectivity index (χ4v) is 2.98. The lowest BCUT2D eigenvalue weighted by atomic mass is 10.2. The van der Waals surface area contributed by atoms with Gasteiger partial charge >= 0.3 is 0 Å². The van der Waals surface area contributed by atoms with Crippen LogP contribution in [0.3, 0.4) is 0 Å². The van der Waals surface area contributed by atoms with Crippen molar-refractivity contribution in [2.24, 2.45) is 5.92 Å². The molecule has 1 aliphatic carbocycles. The van der Waals surface area contributed by atoms with Gasteiger partial charge in [-0.25, -0.2) is 0 Å². The first-order chi connectivity index (χ1) is 12.2. The number of carbonyl (C=O) groups is 1. The van der Waals surface area contributed by atoms with Crippen LogP contribution in [0.2, 0.25) is 5.02 Å². The standard InChI is InChI=1S/C18H23ClN4O2/c19-14-2-1-3-15(10-14)22-18(24)17(25-12-13-4-5-13)16(11-20)23-8-6-21-7-9-23/h1-3,10-11,13,20-21H,4-9,12H2,(H,22,24)/p+1. The fraction of sp³-hybridized carbons (Fsp3) is 0.444. The van der Waals surface area contributed by atoms with E-state index in [-0.39, 0.29) is 11.7 Å². The van der Waals surface area contributed by atoms with Crippen molar-refractivity contribution < 1.29 is 14.8 Å². The van der Waals surface area contributed by atoms with Crippen LogP contribution >= 0.6 is 11.6 Å². The molecule has 0 bridgehead atoms. The maximum Gasteiger partial charge on any atom is 0.293 e. The normalized spacial score (nSPS) is 18.4. The quantitative estimate of drug-likeness (QED) is 0.389. The fourth-order valence-electron chi connectivity index (χ4n) is 2.79. The van der Waals surface area contributed by atoms with Crippen LogP contribution in [0, 0.1) is 11.3 Å². The number of hydrogen-bond donors (Lipinski definition) is 3. The van der Waals surface area contributed by atoms with Crippen molar-refractivity contribution in [2.75, 3.05) is 38.1 Å². The number of halogens is 1. The minimum absolute atomic E-state index is 0.226. The minimum atomic E-state index is -0.337. The molecule has 0 radical (unpaired) electrons. The van der Waals surface area contributed by atoms with Gasteiger partial charge in [-0.1, -0.05) is 17.7 Å². The Morgan fingerprint density at radius 3 is 2.80 bits per heavy atom. The second-order valence-corrected chi connectivity index (χ2v) is 6.87. The zero-order valence-corrected chi connectivity index (χ0v) is 14.9. The Morgan fingerprint density at radius 1 is 1.40 bits per heavy atom. The number of quaternary nitrogens is 1. The lowest BCUT2D eigenvalue weighted by Gasteiger charge is -2.29. The number of ether oxygens (including phenoxy) is 1. The van der Waals surface area contributed by atoms with Gasteiger partial charge in [-0.05, 0) is 37.0 Å². The molecule has 1 saturated heterocycles. The molecular weight excluding hydrogens is 340 g/mol. The molecule has 2 fully saturated rings. The Balaban J connectivity index is 1.81. The third-order valence-electron chi connectivity index (χ3n) is 4.37. The number of allylic oxidation sites excluding steroid dienone is 1. The van der Waals surface area contributed by atoms with E-state index < -0.39 is 0 Å². The maximum absolute atomic E-state index is 12.8. The van der Waals surface area contributed by atoms with E-state index in [2.05, 4.69) is 10.6 Å². The molecule has 0 aromatic heterocycles. The maximum atomic E-state index is 12.8. The van der Waals surface area contributed by atoms with Crippen LogP contribution in [-0.2, 0) is 9.53 Å². The summed E-state index contributed by atoms with van der Waals surface area (Å²) in [6.07, 6.45) is 3.51. The van der Waals surface area contributed by atoms with Gasteiger partial charge in [-0.2, -0.15) is 0 Å². The molecule has 1 amide bonds. The molecule has 2 aliphatic rings. The molecule has 0 unspecified atom stereocenters. The van der Waals surface area contributed by atoms with E-state index in [1.807, 2.05) is 4.90 Å². The molecule has 25 heavy (non-hydrogen) atoms. The van der Waals surface area contributed by atoms with E-state index in [4.69, 9.17) is 21.7 Å². The van der Waals surface area contributed by atoms with E-state index in [0.29, 0.717) is 28.9 Å². The Morgan fingerprint density at radius 2 is 2.16 bits per heavy atom. The van der Waals surface area contributed by atoms with Crippen LogP contribution in [0.1, 0.15) is 12.8 Å². The molecule has 0 atom stereocenters. The van der Waals surface area contributed by atoms with Crippen molar-refractivity contribution in [3.8, 4) is 0 Å². The number of hydrogen-bond acceptors (Lipinski definition) is 4. The predicted molar refractivity (Wildman–Crippen MR) is 97.8 cm³/mol. The minimum Gasteiger partial charge on any atom is -0.486 e. The van der Waals surface area contributed by atoms with Crippen LogP contribution < -0.4 is 10.6 Å². The second kappa shape index (κ2) is 8.36.